The first kappa shape index (κ1) is 23.9. The van der Waals surface area contributed by atoms with E-state index >= 15 is 0 Å². The van der Waals surface area contributed by atoms with E-state index in [2.05, 4.69) is 34.7 Å². The molecular formula is C21H42BrNO. The number of rotatable bonds is 17. The Labute approximate surface area is 160 Å². The van der Waals surface area contributed by atoms with Crippen LogP contribution in [0.15, 0.2) is 0 Å². The fraction of sp³-hybridized carbons (Fsp3) is 0.952. The summed E-state index contributed by atoms with van der Waals surface area (Å²) < 4.78 is 0. The molecule has 0 aliphatic rings. The molecule has 1 atom stereocenters. The third-order valence-electron chi connectivity index (χ3n) is 4.72. The molecule has 1 unspecified atom stereocenters. The lowest BCUT2D eigenvalue weighted by molar-refractivity contribution is -0.130. The van der Waals surface area contributed by atoms with E-state index < -0.39 is 0 Å². The van der Waals surface area contributed by atoms with Crippen molar-refractivity contribution in [3.8, 4) is 0 Å². The van der Waals surface area contributed by atoms with Crippen LogP contribution >= 0.6 is 15.9 Å². The van der Waals surface area contributed by atoms with Crippen molar-refractivity contribution < 1.29 is 4.79 Å². The largest absolute Gasteiger partial charge is 0.342 e. The van der Waals surface area contributed by atoms with E-state index in [0.717, 1.165) is 25.9 Å². The Hall–Kier alpha value is -0.0500. The van der Waals surface area contributed by atoms with Crippen molar-refractivity contribution in [2.75, 3.05) is 13.1 Å². The lowest BCUT2D eigenvalue weighted by Gasteiger charge is -2.24. The van der Waals surface area contributed by atoms with Crippen LogP contribution in [0.1, 0.15) is 111 Å². The number of hydrogen-bond acceptors (Lipinski definition) is 1. The van der Waals surface area contributed by atoms with Gasteiger partial charge in [-0.25, -0.2) is 0 Å². The molecule has 0 saturated heterocycles. The van der Waals surface area contributed by atoms with Gasteiger partial charge in [-0.2, -0.15) is 0 Å². The fourth-order valence-corrected chi connectivity index (χ4v) is 3.39. The first-order chi connectivity index (χ1) is 11.6. The second-order valence-corrected chi connectivity index (χ2v) is 8.56. The lowest BCUT2D eigenvalue weighted by atomic mass is 10.1. The Morgan fingerprint density at radius 3 is 1.38 bits per heavy atom. The number of carbonyl (C=O) groups is 1. The maximum atomic E-state index is 12.3. The number of halogens is 1. The quantitative estimate of drug-likeness (QED) is 0.187. The number of carbonyl (C=O) groups excluding carboxylic acids is 1. The summed E-state index contributed by atoms with van der Waals surface area (Å²) in [6.45, 7) is 8.35. The number of hydrogen-bond donors (Lipinski definition) is 0. The topological polar surface area (TPSA) is 20.3 Å². The Balaban J connectivity index is 3.84. The Kier molecular flexibility index (Phi) is 17.7. The zero-order chi connectivity index (χ0) is 18.0. The third-order valence-corrected chi connectivity index (χ3v) is 5.11. The molecule has 0 fully saturated rings. The average molecular weight is 404 g/mol. The highest BCUT2D eigenvalue weighted by molar-refractivity contribution is 9.10. The minimum Gasteiger partial charge on any atom is -0.342 e. The van der Waals surface area contributed by atoms with Gasteiger partial charge in [0, 0.05) is 13.1 Å². The van der Waals surface area contributed by atoms with Crippen molar-refractivity contribution in [1.29, 1.82) is 0 Å². The van der Waals surface area contributed by atoms with E-state index in [-0.39, 0.29) is 10.7 Å². The summed E-state index contributed by atoms with van der Waals surface area (Å²) in [7, 11) is 0. The van der Waals surface area contributed by atoms with Crippen LogP contribution in [0.25, 0.3) is 0 Å². The minimum atomic E-state index is -0.0494. The van der Waals surface area contributed by atoms with Gasteiger partial charge in [0.2, 0.25) is 5.91 Å². The Bertz CT molecular complexity index is 263. The zero-order valence-corrected chi connectivity index (χ0v) is 18.2. The molecule has 144 valence electrons. The standard InChI is InChI=1S/C21H42BrNO/c1-4-6-8-10-12-14-16-18-23(21(24)20(3)22)19-17-15-13-11-9-7-5-2/h20H,4-19H2,1-3H3. The van der Waals surface area contributed by atoms with Gasteiger partial charge >= 0.3 is 0 Å². The summed E-state index contributed by atoms with van der Waals surface area (Å²) in [6, 6.07) is 0. The molecule has 0 bridgehead atoms. The number of unbranched alkanes of at least 4 members (excludes halogenated alkanes) is 12. The van der Waals surface area contributed by atoms with Gasteiger partial charge in [-0.15, -0.1) is 0 Å². The lowest BCUT2D eigenvalue weighted by Crippen LogP contribution is -2.37. The van der Waals surface area contributed by atoms with E-state index in [1.807, 2.05) is 6.92 Å². The molecule has 0 saturated carbocycles. The maximum absolute atomic E-state index is 12.3. The second-order valence-electron chi connectivity index (χ2n) is 7.18. The van der Waals surface area contributed by atoms with Gasteiger partial charge < -0.3 is 4.90 Å². The van der Waals surface area contributed by atoms with E-state index in [4.69, 9.17) is 0 Å². The van der Waals surface area contributed by atoms with Crippen LogP contribution < -0.4 is 0 Å². The predicted octanol–water partition coefficient (Wildman–Crippen LogP) is 7.10. The molecular weight excluding hydrogens is 362 g/mol. The van der Waals surface area contributed by atoms with Crippen LogP contribution in [0.4, 0.5) is 0 Å². The molecule has 0 aromatic heterocycles. The van der Waals surface area contributed by atoms with Crippen LogP contribution in [0, 0.1) is 0 Å². The molecule has 0 rings (SSSR count). The monoisotopic (exact) mass is 403 g/mol. The van der Waals surface area contributed by atoms with Crippen molar-refractivity contribution in [3.63, 3.8) is 0 Å². The predicted molar refractivity (Wildman–Crippen MR) is 111 cm³/mol. The Morgan fingerprint density at radius 2 is 1.04 bits per heavy atom. The summed E-state index contributed by atoms with van der Waals surface area (Å²) in [5, 5.41) is 0. The van der Waals surface area contributed by atoms with Gasteiger partial charge in [-0.05, 0) is 19.8 Å². The van der Waals surface area contributed by atoms with Crippen LogP contribution in [0.2, 0.25) is 0 Å². The molecule has 0 spiro atoms. The molecule has 2 nitrogen and oxygen atoms in total. The van der Waals surface area contributed by atoms with Crippen molar-refractivity contribution in [3.05, 3.63) is 0 Å². The number of alkyl halides is 1. The second kappa shape index (κ2) is 17.8. The average Bonchev–Trinajstić information content (AvgIpc) is 2.57. The molecule has 3 heteroatoms. The number of nitrogens with zero attached hydrogens (tertiary/aromatic N) is 1. The molecule has 0 aromatic rings. The van der Waals surface area contributed by atoms with Crippen LogP contribution in [0.5, 0.6) is 0 Å². The van der Waals surface area contributed by atoms with Crippen molar-refractivity contribution in [1.82, 2.24) is 4.90 Å². The molecule has 0 radical (unpaired) electrons. The van der Waals surface area contributed by atoms with Crippen molar-refractivity contribution >= 4 is 21.8 Å². The van der Waals surface area contributed by atoms with Gasteiger partial charge in [0.15, 0.2) is 0 Å². The van der Waals surface area contributed by atoms with Gasteiger partial charge in [0.05, 0.1) is 4.83 Å². The fourth-order valence-electron chi connectivity index (χ4n) is 3.10. The molecule has 0 heterocycles. The van der Waals surface area contributed by atoms with E-state index in [0.29, 0.717) is 0 Å². The van der Waals surface area contributed by atoms with E-state index in [9.17, 15) is 4.79 Å². The van der Waals surface area contributed by atoms with Crippen molar-refractivity contribution in [2.24, 2.45) is 0 Å². The van der Waals surface area contributed by atoms with Crippen LogP contribution in [0.3, 0.4) is 0 Å². The van der Waals surface area contributed by atoms with Crippen LogP contribution in [-0.4, -0.2) is 28.7 Å². The summed E-state index contributed by atoms with van der Waals surface area (Å²) in [5.41, 5.74) is 0. The molecule has 0 aliphatic carbocycles. The Morgan fingerprint density at radius 1 is 0.708 bits per heavy atom. The maximum Gasteiger partial charge on any atom is 0.236 e. The first-order valence-electron chi connectivity index (χ1n) is 10.6. The van der Waals surface area contributed by atoms with E-state index in [1.165, 1.54) is 77.0 Å². The SMILES string of the molecule is CCCCCCCCCN(CCCCCCCCC)C(=O)C(C)Br. The third kappa shape index (κ3) is 14.3. The number of amides is 1. The summed E-state index contributed by atoms with van der Waals surface area (Å²) in [6.07, 6.45) is 18.3. The van der Waals surface area contributed by atoms with Crippen LogP contribution in [-0.2, 0) is 4.79 Å². The normalized spacial score (nSPS) is 12.3. The summed E-state index contributed by atoms with van der Waals surface area (Å²) in [5.74, 6) is 0.270. The highest BCUT2D eigenvalue weighted by Gasteiger charge is 2.17. The van der Waals surface area contributed by atoms with Crippen molar-refractivity contribution in [2.45, 2.75) is 115 Å². The van der Waals surface area contributed by atoms with Gasteiger partial charge in [0.1, 0.15) is 0 Å². The highest BCUT2D eigenvalue weighted by Crippen LogP contribution is 2.12. The molecule has 0 aromatic carbocycles. The van der Waals surface area contributed by atoms with Gasteiger partial charge in [0.25, 0.3) is 0 Å². The molecule has 1 amide bonds. The van der Waals surface area contributed by atoms with Gasteiger partial charge in [-0.3, -0.25) is 4.79 Å². The molecule has 24 heavy (non-hydrogen) atoms. The summed E-state index contributed by atoms with van der Waals surface area (Å²) in [4.78, 5) is 14.4. The first-order valence-corrected chi connectivity index (χ1v) is 11.5. The molecule has 0 aliphatic heterocycles. The van der Waals surface area contributed by atoms with E-state index in [1.54, 1.807) is 0 Å². The smallest absolute Gasteiger partial charge is 0.236 e. The zero-order valence-electron chi connectivity index (χ0n) is 16.6. The molecule has 0 N–H and O–H groups in total. The minimum absolute atomic E-state index is 0.0494. The highest BCUT2D eigenvalue weighted by atomic mass is 79.9. The van der Waals surface area contributed by atoms with Gasteiger partial charge in [-0.1, -0.05) is 107 Å². The summed E-state index contributed by atoms with van der Waals surface area (Å²) >= 11 is 3.45.